The van der Waals surface area contributed by atoms with Crippen molar-refractivity contribution in [1.82, 2.24) is 0 Å². The summed E-state index contributed by atoms with van der Waals surface area (Å²) < 4.78 is 5.82. The third kappa shape index (κ3) is 4.68. The monoisotopic (exact) mass is 495 g/mol. The Kier molecular flexibility index (Phi) is 7.12. The maximum atomic E-state index is 11.1. The van der Waals surface area contributed by atoms with E-state index in [1.807, 2.05) is 6.08 Å². The van der Waals surface area contributed by atoms with Gasteiger partial charge in [-0.2, -0.15) is 0 Å². The molecule has 1 heterocycles. The van der Waals surface area contributed by atoms with Gasteiger partial charge in [-0.25, -0.2) is 4.99 Å². The maximum Gasteiger partial charge on any atom is 0.193 e. The fraction of sp³-hybridized carbons (Fsp3) is 0.710. The van der Waals surface area contributed by atoms with Crippen molar-refractivity contribution in [2.75, 3.05) is 6.61 Å². The highest BCUT2D eigenvalue weighted by molar-refractivity contribution is 5.87. The number of aliphatic hydroxyl groups is 3. The first kappa shape index (κ1) is 25.9. The molecule has 0 amide bonds. The highest BCUT2D eigenvalue weighted by Gasteiger charge is 2.55. The number of allylic oxidation sites excluding steroid dienone is 4. The van der Waals surface area contributed by atoms with Crippen LogP contribution in [0.25, 0.3) is 0 Å². The van der Waals surface area contributed by atoms with Gasteiger partial charge in [-0.05, 0) is 92.6 Å². The summed E-state index contributed by atoms with van der Waals surface area (Å²) >= 11 is 0. The summed E-state index contributed by atoms with van der Waals surface area (Å²) in [5.74, 6) is 2.32. The van der Waals surface area contributed by atoms with Crippen molar-refractivity contribution in [3.05, 3.63) is 47.6 Å². The number of hydrogen-bond acceptors (Lipinski definition) is 5. The molecule has 5 nitrogen and oxygen atoms in total. The van der Waals surface area contributed by atoms with Gasteiger partial charge in [0, 0.05) is 6.42 Å². The lowest BCUT2D eigenvalue weighted by atomic mass is 9.61. The Hall–Kier alpha value is -1.69. The van der Waals surface area contributed by atoms with Gasteiger partial charge in [-0.1, -0.05) is 50.3 Å². The second kappa shape index (κ2) is 9.89. The molecule has 0 spiro atoms. The number of hydrogen-bond donors (Lipinski definition) is 3. The highest BCUT2D eigenvalue weighted by Crippen LogP contribution is 2.60. The summed E-state index contributed by atoms with van der Waals surface area (Å²) in [6.07, 6.45) is 15.9. The zero-order valence-electron chi connectivity index (χ0n) is 22.3. The molecule has 3 N–H and O–H groups in total. The van der Waals surface area contributed by atoms with Crippen LogP contribution in [0, 0.1) is 28.6 Å². The molecule has 5 rings (SSSR count). The number of nitrogens with zero attached hydrogens (tertiary/aromatic N) is 1. The summed E-state index contributed by atoms with van der Waals surface area (Å²) in [5.41, 5.74) is 3.22. The zero-order valence-corrected chi connectivity index (χ0v) is 22.3. The van der Waals surface area contributed by atoms with Crippen LogP contribution in [0.3, 0.4) is 0 Å². The fourth-order valence-corrected chi connectivity index (χ4v) is 7.72. The minimum atomic E-state index is -0.639. The van der Waals surface area contributed by atoms with Crippen LogP contribution in [0.2, 0.25) is 0 Å². The number of aliphatic hydroxyl groups excluding tert-OH is 3. The second-order valence-corrected chi connectivity index (χ2v) is 12.6. The molecule has 198 valence electrons. The molecular weight excluding hydrogens is 450 g/mol. The minimum absolute atomic E-state index is 0.193. The lowest BCUT2D eigenvalue weighted by Gasteiger charge is -2.44. The molecular formula is C31H45NO4. The van der Waals surface area contributed by atoms with Crippen molar-refractivity contribution < 1.29 is 20.1 Å². The smallest absolute Gasteiger partial charge is 0.193 e. The largest absolute Gasteiger partial charge is 0.478 e. The number of ether oxygens (including phenoxy) is 1. The summed E-state index contributed by atoms with van der Waals surface area (Å²) in [7, 11) is 0. The summed E-state index contributed by atoms with van der Waals surface area (Å²) in [6.45, 7) is 11.6. The first-order valence-electron chi connectivity index (χ1n) is 14.2. The Morgan fingerprint density at radius 2 is 1.92 bits per heavy atom. The third-order valence-electron chi connectivity index (χ3n) is 10.1. The van der Waals surface area contributed by atoms with Crippen molar-refractivity contribution in [2.45, 2.75) is 103 Å². The van der Waals surface area contributed by atoms with Crippen LogP contribution in [-0.4, -0.2) is 52.2 Å². The Labute approximate surface area is 216 Å². The third-order valence-corrected chi connectivity index (χ3v) is 10.1. The molecule has 4 fully saturated rings. The first-order valence-corrected chi connectivity index (χ1v) is 14.2. The lowest BCUT2D eigenvalue weighted by Crippen LogP contribution is -2.35. The van der Waals surface area contributed by atoms with Crippen LogP contribution in [0.1, 0.15) is 78.6 Å². The van der Waals surface area contributed by atoms with Crippen LogP contribution < -0.4 is 0 Å². The molecule has 0 aromatic carbocycles. The van der Waals surface area contributed by atoms with E-state index in [0.717, 1.165) is 36.3 Å². The van der Waals surface area contributed by atoms with Crippen molar-refractivity contribution in [2.24, 2.45) is 33.6 Å². The molecule has 0 aromatic heterocycles. The molecule has 5 heteroatoms. The van der Waals surface area contributed by atoms with Crippen molar-refractivity contribution in [1.29, 1.82) is 0 Å². The van der Waals surface area contributed by atoms with E-state index in [4.69, 9.17) is 4.74 Å². The summed E-state index contributed by atoms with van der Waals surface area (Å²) in [6, 6.07) is 0.193. The molecule has 1 aliphatic heterocycles. The van der Waals surface area contributed by atoms with E-state index >= 15 is 0 Å². The molecule has 4 aliphatic carbocycles. The minimum Gasteiger partial charge on any atom is -0.478 e. The lowest BCUT2D eigenvalue weighted by molar-refractivity contribution is 0.0862. The second-order valence-electron chi connectivity index (χ2n) is 12.6. The average molecular weight is 496 g/mol. The predicted octanol–water partition coefficient (Wildman–Crippen LogP) is 5.28. The van der Waals surface area contributed by atoms with E-state index in [1.54, 1.807) is 0 Å². The Bertz CT molecular complexity index is 989. The standard InChI is InChI=1S/C31H45NO4/c1-19(7-12-28(35)31(14-15-31)29-32-20(2)18-36-29)25-10-11-26-22(6-5-13-30(25,26)4)8-9-23-16-24(33)17-27(34)21(23)3/h7-9,12,19-20,24-28,33-35H,3,5-6,10-11,13-18H2,1-2,4H3/b12-7+,22-8+,23-9-/t19-,20?,24-,25-,26+,27+,28+,30-/m1/s1. The molecule has 5 aliphatic rings. The van der Waals surface area contributed by atoms with Gasteiger partial charge in [-0.15, -0.1) is 0 Å². The Morgan fingerprint density at radius 3 is 2.61 bits per heavy atom. The zero-order chi connectivity index (χ0) is 25.7. The van der Waals surface area contributed by atoms with Gasteiger partial charge in [0.15, 0.2) is 5.90 Å². The summed E-state index contributed by atoms with van der Waals surface area (Å²) in [5, 5.41) is 31.4. The van der Waals surface area contributed by atoms with Crippen LogP contribution >= 0.6 is 0 Å². The van der Waals surface area contributed by atoms with Crippen LogP contribution in [0.5, 0.6) is 0 Å². The molecule has 0 aromatic rings. The van der Waals surface area contributed by atoms with Crippen molar-refractivity contribution in [3.8, 4) is 0 Å². The molecule has 36 heavy (non-hydrogen) atoms. The maximum absolute atomic E-state index is 11.1. The first-order chi connectivity index (χ1) is 17.1. The molecule has 4 saturated carbocycles. The Morgan fingerprint density at radius 1 is 1.14 bits per heavy atom. The highest BCUT2D eigenvalue weighted by atomic mass is 16.5. The molecule has 0 bridgehead atoms. The topological polar surface area (TPSA) is 82.3 Å². The number of aliphatic imine (C=N–C) groups is 1. The van der Waals surface area contributed by atoms with E-state index in [-0.39, 0.29) is 16.9 Å². The molecule has 0 radical (unpaired) electrons. The van der Waals surface area contributed by atoms with Crippen LogP contribution in [0.15, 0.2) is 52.6 Å². The van der Waals surface area contributed by atoms with E-state index in [9.17, 15) is 15.3 Å². The van der Waals surface area contributed by atoms with E-state index in [2.05, 4.69) is 50.6 Å². The Balaban J connectivity index is 1.28. The predicted molar refractivity (Wildman–Crippen MR) is 144 cm³/mol. The average Bonchev–Trinajstić information content (AvgIpc) is 3.41. The van der Waals surface area contributed by atoms with Gasteiger partial charge >= 0.3 is 0 Å². The van der Waals surface area contributed by atoms with Gasteiger partial charge in [-0.3, -0.25) is 0 Å². The van der Waals surface area contributed by atoms with E-state index in [0.29, 0.717) is 37.2 Å². The van der Waals surface area contributed by atoms with Crippen LogP contribution in [0.4, 0.5) is 0 Å². The van der Waals surface area contributed by atoms with Crippen LogP contribution in [-0.2, 0) is 4.74 Å². The van der Waals surface area contributed by atoms with Gasteiger partial charge in [0.05, 0.1) is 29.8 Å². The van der Waals surface area contributed by atoms with Gasteiger partial charge in [0.1, 0.15) is 6.61 Å². The summed E-state index contributed by atoms with van der Waals surface area (Å²) in [4.78, 5) is 4.64. The normalized spacial score (nSPS) is 41.9. The quantitative estimate of drug-likeness (QED) is 0.438. The molecule has 1 unspecified atom stereocenters. The van der Waals surface area contributed by atoms with Gasteiger partial charge in [0.2, 0.25) is 0 Å². The number of rotatable bonds is 6. The molecule has 8 atom stereocenters. The molecule has 0 saturated heterocycles. The fourth-order valence-electron chi connectivity index (χ4n) is 7.72. The number of fused-ring (bicyclic) bond motifs is 1. The van der Waals surface area contributed by atoms with Crippen molar-refractivity contribution >= 4 is 5.90 Å². The van der Waals surface area contributed by atoms with Crippen molar-refractivity contribution in [3.63, 3.8) is 0 Å². The van der Waals surface area contributed by atoms with Gasteiger partial charge in [0.25, 0.3) is 0 Å². The SMILES string of the molecule is C=C1/C(=C\C=C2/CCC[C@]3(C)[C@@H]([C@H](C)/C=C/[C@H](O)C4(C5=NC(C)CO5)CC4)CC[C@@H]23)C[C@@H](O)C[C@@H]1O. The van der Waals surface area contributed by atoms with E-state index < -0.39 is 18.3 Å². The van der Waals surface area contributed by atoms with Gasteiger partial charge < -0.3 is 20.1 Å². The van der Waals surface area contributed by atoms with E-state index in [1.165, 1.54) is 31.3 Å².